The van der Waals surface area contributed by atoms with Gasteiger partial charge in [0, 0.05) is 18.2 Å². The molecular formula is C20H28N4O3S. The average molecular weight is 405 g/mol. The molecule has 0 atom stereocenters. The van der Waals surface area contributed by atoms with Crippen molar-refractivity contribution < 1.29 is 14.3 Å². The van der Waals surface area contributed by atoms with Gasteiger partial charge < -0.3 is 19.4 Å². The molecule has 1 aromatic carbocycles. The van der Waals surface area contributed by atoms with E-state index in [0.29, 0.717) is 29.8 Å². The second-order valence-electron chi connectivity index (χ2n) is 6.81. The summed E-state index contributed by atoms with van der Waals surface area (Å²) in [6.07, 6.45) is 5.86. The van der Waals surface area contributed by atoms with Crippen molar-refractivity contribution in [2.24, 2.45) is 0 Å². The van der Waals surface area contributed by atoms with Gasteiger partial charge in [0.1, 0.15) is 0 Å². The van der Waals surface area contributed by atoms with Crippen molar-refractivity contribution >= 4 is 17.7 Å². The topological polar surface area (TPSA) is 78.3 Å². The Bertz CT molecular complexity index is 803. The fraction of sp³-hybridized carbons (Fsp3) is 0.550. The first-order valence-electron chi connectivity index (χ1n) is 9.74. The molecule has 1 aromatic heterocycles. The standard InChI is InChI=1S/C20H28N4O3S/c1-4-24-19(14-10-11-16(26-2)17(12-14)27-3)22-23-20(24)28-13-18(25)21-15-8-6-5-7-9-15/h10-12,15H,4-9,13H2,1-3H3,(H,21,25). The number of carbonyl (C=O) groups excluding carboxylic acids is 1. The van der Waals surface area contributed by atoms with Gasteiger partial charge in [0.15, 0.2) is 22.5 Å². The van der Waals surface area contributed by atoms with Gasteiger partial charge >= 0.3 is 0 Å². The summed E-state index contributed by atoms with van der Waals surface area (Å²) in [6, 6.07) is 6.00. The van der Waals surface area contributed by atoms with E-state index < -0.39 is 0 Å². The number of aromatic nitrogens is 3. The molecule has 0 aliphatic heterocycles. The summed E-state index contributed by atoms with van der Waals surface area (Å²) in [6.45, 7) is 2.75. The van der Waals surface area contributed by atoms with Gasteiger partial charge in [0.25, 0.3) is 0 Å². The lowest BCUT2D eigenvalue weighted by molar-refractivity contribution is -0.119. The van der Waals surface area contributed by atoms with Gasteiger partial charge in [-0.05, 0) is 38.0 Å². The highest BCUT2D eigenvalue weighted by Gasteiger charge is 2.18. The highest BCUT2D eigenvalue weighted by molar-refractivity contribution is 7.99. The van der Waals surface area contributed by atoms with Crippen molar-refractivity contribution in [3.05, 3.63) is 18.2 Å². The Hall–Kier alpha value is -2.22. The third kappa shape index (κ3) is 4.79. The van der Waals surface area contributed by atoms with E-state index in [4.69, 9.17) is 9.47 Å². The Balaban J connectivity index is 1.69. The van der Waals surface area contributed by atoms with Crippen molar-refractivity contribution in [1.82, 2.24) is 20.1 Å². The van der Waals surface area contributed by atoms with Gasteiger partial charge in [-0.15, -0.1) is 10.2 Å². The molecule has 0 unspecified atom stereocenters. The predicted octanol–water partition coefficient (Wildman–Crippen LogP) is 3.52. The molecule has 0 bridgehead atoms. The number of thioether (sulfide) groups is 1. The van der Waals surface area contributed by atoms with Crippen molar-refractivity contribution in [2.75, 3.05) is 20.0 Å². The Morgan fingerprint density at radius 2 is 1.93 bits per heavy atom. The molecule has 1 saturated carbocycles. The second kappa shape index (κ2) is 9.82. The summed E-state index contributed by atoms with van der Waals surface area (Å²) >= 11 is 1.42. The number of nitrogens with one attached hydrogen (secondary N) is 1. The van der Waals surface area contributed by atoms with Crippen LogP contribution in [0, 0.1) is 0 Å². The molecule has 0 spiro atoms. The van der Waals surface area contributed by atoms with Crippen molar-refractivity contribution in [3.8, 4) is 22.9 Å². The van der Waals surface area contributed by atoms with Crippen LogP contribution in [0.15, 0.2) is 23.4 Å². The van der Waals surface area contributed by atoms with Crippen LogP contribution in [0.2, 0.25) is 0 Å². The molecular weight excluding hydrogens is 376 g/mol. The minimum absolute atomic E-state index is 0.0650. The number of amides is 1. The van der Waals surface area contributed by atoms with Crippen LogP contribution in [0.3, 0.4) is 0 Å². The molecule has 1 aliphatic rings. The predicted molar refractivity (Wildman–Crippen MR) is 110 cm³/mol. The highest BCUT2D eigenvalue weighted by atomic mass is 32.2. The second-order valence-corrected chi connectivity index (χ2v) is 7.75. The number of carbonyl (C=O) groups is 1. The molecule has 1 N–H and O–H groups in total. The Kier molecular flexibility index (Phi) is 7.19. The summed E-state index contributed by atoms with van der Waals surface area (Å²) in [5.74, 6) is 2.48. The summed E-state index contributed by atoms with van der Waals surface area (Å²) in [5.41, 5.74) is 0.894. The van der Waals surface area contributed by atoms with E-state index in [1.54, 1.807) is 14.2 Å². The maximum atomic E-state index is 12.3. The minimum atomic E-state index is 0.0650. The minimum Gasteiger partial charge on any atom is -0.493 e. The Morgan fingerprint density at radius 1 is 1.18 bits per heavy atom. The zero-order valence-corrected chi connectivity index (χ0v) is 17.6. The molecule has 8 heteroatoms. The van der Waals surface area contributed by atoms with Gasteiger partial charge in [-0.3, -0.25) is 4.79 Å². The van der Waals surface area contributed by atoms with E-state index >= 15 is 0 Å². The van der Waals surface area contributed by atoms with E-state index in [9.17, 15) is 4.79 Å². The fourth-order valence-corrected chi connectivity index (χ4v) is 4.33. The quantitative estimate of drug-likeness (QED) is 0.678. The van der Waals surface area contributed by atoms with Crippen molar-refractivity contribution in [3.63, 3.8) is 0 Å². The van der Waals surface area contributed by atoms with Crippen LogP contribution in [0.5, 0.6) is 11.5 Å². The number of hydrogen-bond donors (Lipinski definition) is 1. The molecule has 3 rings (SSSR count). The number of rotatable bonds is 8. The molecule has 0 radical (unpaired) electrons. The van der Waals surface area contributed by atoms with Gasteiger partial charge in [0.05, 0.1) is 20.0 Å². The number of ether oxygens (including phenoxy) is 2. The highest BCUT2D eigenvalue weighted by Crippen LogP contribution is 2.32. The molecule has 1 amide bonds. The summed E-state index contributed by atoms with van der Waals surface area (Å²) in [7, 11) is 3.22. The van der Waals surface area contributed by atoms with Gasteiger partial charge in [-0.25, -0.2) is 0 Å². The summed E-state index contributed by atoms with van der Waals surface area (Å²) in [5, 5.41) is 12.5. The normalized spacial score (nSPS) is 14.7. The van der Waals surface area contributed by atoms with Crippen LogP contribution in [0.4, 0.5) is 0 Å². The first kappa shape index (κ1) is 20.5. The number of methoxy groups -OCH3 is 2. The lowest BCUT2D eigenvalue weighted by atomic mass is 9.95. The molecule has 1 fully saturated rings. The monoisotopic (exact) mass is 404 g/mol. The summed E-state index contributed by atoms with van der Waals surface area (Å²) < 4.78 is 12.7. The van der Waals surface area contributed by atoms with E-state index in [0.717, 1.165) is 29.4 Å². The molecule has 1 aliphatic carbocycles. The van der Waals surface area contributed by atoms with E-state index in [2.05, 4.69) is 15.5 Å². The lowest BCUT2D eigenvalue weighted by Gasteiger charge is -2.22. The van der Waals surface area contributed by atoms with Crippen LogP contribution in [0.1, 0.15) is 39.0 Å². The lowest BCUT2D eigenvalue weighted by Crippen LogP contribution is -2.37. The third-order valence-electron chi connectivity index (χ3n) is 4.98. The first-order valence-corrected chi connectivity index (χ1v) is 10.7. The van der Waals surface area contributed by atoms with Gasteiger partial charge in [0.2, 0.25) is 5.91 Å². The van der Waals surface area contributed by atoms with Crippen LogP contribution in [-0.4, -0.2) is 46.7 Å². The zero-order chi connectivity index (χ0) is 19.9. The molecule has 28 heavy (non-hydrogen) atoms. The molecule has 1 heterocycles. The summed E-state index contributed by atoms with van der Waals surface area (Å²) in [4.78, 5) is 12.3. The number of hydrogen-bond acceptors (Lipinski definition) is 6. The molecule has 0 saturated heterocycles. The number of benzene rings is 1. The van der Waals surface area contributed by atoms with E-state index in [-0.39, 0.29) is 5.91 Å². The average Bonchev–Trinajstić information content (AvgIpc) is 3.15. The largest absolute Gasteiger partial charge is 0.493 e. The third-order valence-corrected chi connectivity index (χ3v) is 5.94. The van der Waals surface area contributed by atoms with E-state index in [1.807, 2.05) is 29.7 Å². The van der Waals surface area contributed by atoms with Gasteiger partial charge in [-0.2, -0.15) is 0 Å². The zero-order valence-electron chi connectivity index (χ0n) is 16.7. The van der Waals surface area contributed by atoms with Crippen LogP contribution < -0.4 is 14.8 Å². The van der Waals surface area contributed by atoms with Crippen LogP contribution >= 0.6 is 11.8 Å². The Morgan fingerprint density at radius 3 is 2.61 bits per heavy atom. The molecule has 2 aromatic rings. The maximum Gasteiger partial charge on any atom is 0.230 e. The molecule has 152 valence electrons. The smallest absolute Gasteiger partial charge is 0.230 e. The maximum absolute atomic E-state index is 12.3. The first-order chi connectivity index (χ1) is 13.7. The van der Waals surface area contributed by atoms with Gasteiger partial charge in [-0.1, -0.05) is 31.0 Å². The van der Waals surface area contributed by atoms with Crippen LogP contribution in [0.25, 0.3) is 11.4 Å². The number of nitrogens with zero attached hydrogens (tertiary/aromatic N) is 3. The molecule has 7 nitrogen and oxygen atoms in total. The van der Waals surface area contributed by atoms with Crippen LogP contribution in [-0.2, 0) is 11.3 Å². The fourth-order valence-electron chi connectivity index (χ4n) is 3.52. The van der Waals surface area contributed by atoms with E-state index in [1.165, 1.54) is 31.0 Å². The Labute approximate surface area is 170 Å². The van der Waals surface area contributed by atoms with Crippen molar-refractivity contribution in [1.29, 1.82) is 0 Å². The SMILES string of the molecule is CCn1c(SCC(=O)NC2CCCCC2)nnc1-c1ccc(OC)c(OC)c1. The van der Waals surface area contributed by atoms with Crippen molar-refractivity contribution in [2.45, 2.75) is 56.8 Å².